The van der Waals surface area contributed by atoms with Gasteiger partial charge in [-0.1, -0.05) is 6.92 Å². The van der Waals surface area contributed by atoms with Crippen LogP contribution in [0.5, 0.6) is 0 Å². The standard InChI is InChI=1S/C10H12N2S/c1-2-7-6-12-8-4-3-5-9(8)13-10(12)11-7/h6H,2-5H2,1H3. The summed E-state index contributed by atoms with van der Waals surface area (Å²) in [5.74, 6) is 0. The molecule has 0 aliphatic heterocycles. The summed E-state index contributed by atoms with van der Waals surface area (Å²) in [5.41, 5.74) is 2.74. The minimum absolute atomic E-state index is 1.04. The number of hydrogen-bond acceptors (Lipinski definition) is 2. The molecule has 3 heteroatoms. The first-order valence-electron chi connectivity index (χ1n) is 4.87. The van der Waals surface area contributed by atoms with Crippen molar-refractivity contribution in [2.45, 2.75) is 32.6 Å². The zero-order chi connectivity index (χ0) is 8.84. The van der Waals surface area contributed by atoms with Gasteiger partial charge in [0.25, 0.3) is 0 Å². The molecule has 2 aromatic heterocycles. The SMILES string of the molecule is CCc1cn2c3c(sc2n1)CCC3. The molecule has 2 aromatic rings. The molecule has 2 nitrogen and oxygen atoms in total. The number of thiazole rings is 1. The summed E-state index contributed by atoms with van der Waals surface area (Å²) in [5, 5.41) is 0. The molecule has 2 heterocycles. The summed E-state index contributed by atoms with van der Waals surface area (Å²) < 4.78 is 2.30. The minimum Gasteiger partial charge on any atom is -0.294 e. The first kappa shape index (κ1) is 7.56. The second-order valence-electron chi connectivity index (χ2n) is 3.56. The van der Waals surface area contributed by atoms with E-state index >= 15 is 0 Å². The van der Waals surface area contributed by atoms with Crippen molar-refractivity contribution < 1.29 is 0 Å². The van der Waals surface area contributed by atoms with Crippen LogP contribution in [0.15, 0.2) is 6.20 Å². The van der Waals surface area contributed by atoms with Crippen molar-refractivity contribution in [2.24, 2.45) is 0 Å². The van der Waals surface area contributed by atoms with Crippen molar-refractivity contribution in [1.82, 2.24) is 9.38 Å². The molecule has 0 atom stereocenters. The summed E-state index contributed by atoms with van der Waals surface area (Å²) >= 11 is 1.87. The van der Waals surface area contributed by atoms with Gasteiger partial charge in [-0.3, -0.25) is 4.40 Å². The Balaban J connectivity index is 2.27. The molecule has 1 aliphatic rings. The van der Waals surface area contributed by atoms with E-state index in [0.29, 0.717) is 0 Å². The quantitative estimate of drug-likeness (QED) is 0.678. The molecular formula is C10H12N2S. The van der Waals surface area contributed by atoms with E-state index in [4.69, 9.17) is 0 Å². The van der Waals surface area contributed by atoms with Gasteiger partial charge in [0.2, 0.25) is 0 Å². The molecule has 0 radical (unpaired) electrons. The van der Waals surface area contributed by atoms with Crippen LogP contribution in [-0.2, 0) is 19.3 Å². The average molecular weight is 192 g/mol. The highest BCUT2D eigenvalue weighted by molar-refractivity contribution is 7.17. The van der Waals surface area contributed by atoms with E-state index in [-0.39, 0.29) is 0 Å². The van der Waals surface area contributed by atoms with Crippen molar-refractivity contribution >= 4 is 16.3 Å². The summed E-state index contributed by atoms with van der Waals surface area (Å²) in [6.07, 6.45) is 7.09. The van der Waals surface area contributed by atoms with Crippen LogP contribution in [0.25, 0.3) is 4.96 Å². The van der Waals surface area contributed by atoms with Crippen LogP contribution in [-0.4, -0.2) is 9.38 Å². The highest BCUT2D eigenvalue weighted by atomic mass is 32.1. The Hall–Kier alpha value is -0.830. The maximum atomic E-state index is 4.58. The van der Waals surface area contributed by atoms with Crippen LogP contribution >= 0.6 is 11.3 Å². The predicted molar refractivity (Wildman–Crippen MR) is 54.5 cm³/mol. The first-order chi connectivity index (χ1) is 6.38. The number of nitrogens with zero attached hydrogens (tertiary/aromatic N) is 2. The number of fused-ring (bicyclic) bond motifs is 3. The molecule has 0 unspecified atom stereocenters. The van der Waals surface area contributed by atoms with Gasteiger partial charge in [0.15, 0.2) is 4.96 Å². The van der Waals surface area contributed by atoms with Crippen molar-refractivity contribution in [3.05, 3.63) is 22.5 Å². The van der Waals surface area contributed by atoms with Gasteiger partial charge < -0.3 is 0 Å². The molecule has 68 valence electrons. The molecule has 0 spiro atoms. The zero-order valence-corrected chi connectivity index (χ0v) is 8.52. The van der Waals surface area contributed by atoms with Crippen LogP contribution in [0.4, 0.5) is 0 Å². The Kier molecular flexibility index (Phi) is 1.50. The molecule has 0 aromatic carbocycles. The number of imidazole rings is 1. The second-order valence-corrected chi connectivity index (χ2v) is 4.63. The molecule has 3 rings (SSSR count). The Morgan fingerprint density at radius 3 is 3.31 bits per heavy atom. The monoisotopic (exact) mass is 192 g/mol. The van der Waals surface area contributed by atoms with Crippen LogP contribution in [0, 0.1) is 0 Å². The van der Waals surface area contributed by atoms with E-state index in [1.165, 1.54) is 35.6 Å². The third-order valence-corrected chi connectivity index (χ3v) is 3.89. The van der Waals surface area contributed by atoms with E-state index in [1.54, 1.807) is 4.88 Å². The van der Waals surface area contributed by atoms with Gasteiger partial charge in [-0.2, -0.15) is 0 Å². The first-order valence-corrected chi connectivity index (χ1v) is 5.68. The Bertz CT molecular complexity index is 453. The molecule has 0 bridgehead atoms. The third-order valence-electron chi connectivity index (χ3n) is 2.73. The predicted octanol–water partition coefficient (Wildman–Crippen LogP) is 2.45. The van der Waals surface area contributed by atoms with Crippen molar-refractivity contribution in [2.75, 3.05) is 0 Å². The number of hydrogen-bond donors (Lipinski definition) is 0. The average Bonchev–Trinajstić information content (AvgIpc) is 2.72. The smallest absolute Gasteiger partial charge is 0.194 e. The Morgan fingerprint density at radius 1 is 1.54 bits per heavy atom. The lowest BCUT2D eigenvalue weighted by Crippen LogP contribution is -1.85. The molecular weight excluding hydrogens is 180 g/mol. The fraction of sp³-hybridized carbons (Fsp3) is 0.500. The van der Waals surface area contributed by atoms with E-state index in [0.717, 1.165) is 6.42 Å². The lowest BCUT2D eigenvalue weighted by molar-refractivity contribution is 0.887. The number of aromatic nitrogens is 2. The number of rotatable bonds is 1. The van der Waals surface area contributed by atoms with Crippen LogP contribution < -0.4 is 0 Å². The molecule has 0 amide bonds. The van der Waals surface area contributed by atoms with Crippen LogP contribution in [0.2, 0.25) is 0 Å². The van der Waals surface area contributed by atoms with Crippen molar-refractivity contribution in [3.63, 3.8) is 0 Å². The molecule has 0 N–H and O–H groups in total. The molecule has 0 saturated carbocycles. The van der Waals surface area contributed by atoms with Gasteiger partial charge in [-0.25, -0.2) is 4.98 Å². The maximum absolute atomic E-state index is 4.58. The van der Waals surface area contributed by atoms with Gasteiger partial charge in [0.05, 0.1) is 5.69 Å². The fourth-order valence-electron chi connectivity index (χ4n) is 2.02. The third kappa shape index (κ3) is 0.967. The summed E-state index contributed by atoms with van der Waals surface area (Å²) in [4.78, 5) is 7.33. The fourth-order valence-corrected chi connectivity index (χ4v) is 3.23. The molecule has 0 fully saturated rings. The maximum Gasteiger partial charge on any atom is 0.194 e. The van der Waals surface area contributed by atoms with Gasteiger partial charge >= 0.3 is 0 Å². The van der Waals surface area contributed by atoms with E-state index in [2.05, 4.69) is 22.5 Å². The minimum atomic E-state index is 1.04. The second kappa shape index (κ2) is 2.58. The van der Waals surface area contributed by atoms with Crippen LogP contribution in [0.3, 0.4) is 0 Å². The topological polar surface area (TPSA) is 17.3 Å². The van der Waals surface area contributed by atoms with E-state index in [9.17, 15) is 0 Å². The lowest BCUT2D eigenvalue weighted by atomic mass is 10.3. The zero-order valence-electron chi connectivity index (χ0n) is 7.71. The number of aryl methyl sites for hydroxylation is 3. The summed E-state index contributed by atoms with van der Waals surface area (Å²) in [6.45, 7) is 2.16. The highest BCUT2D eigenvalue weighted by Crippen LogP contribution is 2.30. The van der Waals surface area contributed by atoms with Gasteiger partial charge in [-0.05, 0) is 25.7 Å². The summed E-state index contributed by atoms with van der Waals surface area (Å²) in [6, 6.07) is 0. The molecule has 13 heavy (non-hydrogen) atoms. The normalized spacial score (nSPS) is 15.5. The highest BCUT2D eigenvalue weighted by Gasteiger charge is 2.18. The largest absolute Gasteiger partial charge is 0.294 e. The molecule has 1 aliphatic carbocycles. The van der Waals surface area contributed by atoms with Gasteiger partial charge in [0, 0.05) is 16.8 Å². The molecule has 0 saturated heterocycles. The van der Waals surface area contributed by atoms with Gasteiger partial charge in [0.1, 0.15) is 0 Å². The Morgan fingerprint density at radius 2 is 2.46 bits per heavy atom. The van der Waals surface area contributed by atoms with Crippen molar-refractivity contribution in [3.8, 4) is 0 Å². The Labute approximate surface area is 81.2 Å². The van der Waals surface area contributed by atoms with Gasteiger partial charge in [-0.15, -0.1) is 11.3 Å². The summed E-state index contributed by atoms with van der Waals surface area (Å²) in [7, 11) is 0. The van der Waals surface area contributed by atoms with E-state index in [1.807, 2.05) is 11.3 Å². The van der Waals surface area contributed by atoms with Crippen molar-refractivity contribution in [1.29, 1.82) is 0 Å². The van der Waals surface area contributed by atoms with E-state index < -0.39 is 0 Å². The van der Waals surface area contributed by atoms with Crippen LogP contribution in [0.1, 0.15) is 29.6 Å². The lowest BCUT2D eigenvalue weighted by Gasteiger charge is -1.89.